The number of ketones is 1. The summed E-state index contributed by atoms with van der Waals surface area (Å²) in [4.78, 5) is 23.3. The zero-order chi connectivity index (χ0) is 23.3. The Hall–Kier alpha value is -3.97. The molecule has 2 heterocycles. The van der Waals surface area contributed by atoms with Crippen LogP contribution in [0.3, 0.4) is 0 Å². The molecule has 10 nitrogen and oxygen atoms in total. The molecule has 0 amide bonds. The van der Waals surface area contributed by atoms with Gasteiger partial charge in [0.2, 0.25) is 11.9 Å². The molecule has 0 aliphatic rings. The van der Waals surface area contributed by atoms with Crippen LogP contribution in [0.2, 0.25) is 0 Å². The van der Waals surface area contributed by atoms with Crippen molar-refractivity contribution >= 4 is 29.2 Å². The number of benzene rings is 1. The Kier molecular flexibility index (Phi) is 6.70. The number of carbonyl (C=O) groups is 1. The number of rotatable bonds is 9. The lowest BCUT2D eigenvalue weighted by atomic mass is 10.2. The molecule has 0 radical (unpaired) electrons. The van der Waals surface area contributed by atoms with Crippen molar-refractivity contribution in [3.63, 3.8) is 0 Å². The average Bonchev–Trinajstić information content (AvgIpc) is 3.11. The molecule has 32 heavy (non-hydrogen) atoms. The Morgan fingerprint density at radius 3 is 2.62 bits per heavy atom. The van der Waals surface area contributed by atoms with Gasteiger partial charge in [-0.25, -0.2) is 9.37 Å². The number of aromatic nitrogens is 5. The van der Waals surface area contributed by atoms with Crippen LogP contribution in [0, 0.1) is 5.82 Å². The zero-order valence-electron chi connectivity index (χ0n) is 16.6. The maximum atomic E-state index is 14.0. The highest BCUT2D eigenvalue weighted by molar-refractivity contribution is 5.82. The minimum Gasteiger partial charge on any atom is -0.497 e. The molecular weight excluding hydrogens is 436 g/mol. The monoisotopic (exact) mass is 460 g/mol. The van der Waals surface area contributed by atoms with Crippen molar-refractivity contribution in [2.24, 2.45) is 0 Å². The van der Waals surface area contributed by atoms with Crippen LogP contribution in [0.1, 0.15) is 17.1 Å². The van der Waals surface area contributed by atoms with Crippen LogP contribution >= 0.6 is 0 Å². The molecule has 14 heteroatoms. The Balaban J connectivity index is 0.00000385. The van der Waals surface area contributed by atoms with Crippen LogP contribution in [-0.2, 0) is 4.79 Å². The average molecular weight is 460 g/mol. The summed E-state index contributed by atoms with van der Waals surface area (Å²) >= 11 is 0. The lowest BCUT2D eigenvalue weighted by Gasteiger charge is -2.09. The molecule has 3 aromatic rings. The van der Waals surface area contributed by atoms with Gasteiger partial charge in [-0.05, 0) is 24.3 Å². The first-order valence-corrected chi connectivity index (χ1v) is 9.13. The minimum atomic E-state index is -4.45. The number of ether oxygens (including phenoxy) is 1. The van der Waals surface area contributed by atoms with E-state index in [4.69, 9.17) is 10.5 Å². The smallest absolute Gasteiger partial charge is 0.389 e. The molecule has 2 aromatic heterocycles. The number of nitrogen functional groups attached to an aromatic ring is 1. The quantitative estimate of drug-likeness (QED) is 0.410. The molecule has 3 rings (SSSR count). The normalized spacial score (nSPS) is 11.3. The second-order valence-corrected chi connectivity index (χ2v) is 6.43. The molecule has 0 atom stereocenters. The number of nitrogens with one attached hydrogen (secondary N) is 2. The van der Waals surface area contributed by atoms with Gasteiger partial charge in [-0.15, -0.1) is 5.10 Å². The zero-order valence-corrected chi connectivity index (χ0v) is 16.6. The number of nitrogens with zero attached hydrogens (tertiary/aromatic N) is 5. The van der Waals surface area contributed by atoms with E-state index in [1.165, 1.54) is 7.11 Å². The van der Waals surface area contributed by atoms with Gasteiger partial charge in [0.15, 0.2) is 17.4 Å². The number of methoxy groups -OCH3 is 1. The van der Waals surface area contributed by atoms with E-state index >= 15 is 0 Å². The van der Waals surface area contributed by atoms with E-state index in [1.54, 1.807) is 24.3 Å². The van der Waals surface area contributed by atoms with Gasteiger partial charge < -0.3 is 21.1 Å². The van der Waals surface area contributed by atoms with Crippen LogP contribution in [0.15, 0.2) is 30.5 Å². The van der Waals surface area contributed by atoms with Gasteiger partial charge in [0.1, 0.15) is 5.75 Å². The van der Waals surface area contributed by atoms with Gasteiger partial charge in [0.25, 0.3) is 5.95 Å². The molecule has 0 fully saturated rings. The van der Waals surface area contributed by atoms with Crippen LogP contribution in [0.4, 0.5) is 41.0 Å². The molecule has 176 valence electrons. The topological polar surface area (TPSA) is 133 Å². The second-order valence-electron chi connectivity index (χ2n) is 6.43. The van der Waals surface area contributed by atoms with Crippen LogP contribution in [0.5, 0.6) is 5.75 Å². The molecule has 0 aliphatic heterocycles. The third-order valence-electron chi connectivity index (χ3n) is 4.04. The third-order valence-corrected chi connectivity index (χ3v) is 4.04. The first-order valence-electron chi connectivity index (χ1n) is 9.13. The fraction of sp³-hybridized carbons (Fsp3) is 0.278. The first-order chi connectivity index (χ1) is 15.1. The molecule has 4 N–H and O–H groups in total. The van der Waals surface area contributed by atoms with Crippen molar-refractivity contribution in [1.29, 1.82) is 0 Å². The molecule has 0 saturated heterocycles. The third kappa shape index (κ3) is 6.02. The summed E-state index contributed by atoms with van der Waals surface area (Å²) in [5.41, 5.74) is 6.48. The van der Waals surface area contributed by atoms with Crippen molar-refractivity contribution < 1.29 is 31.4 Å². The molecule has 0 bridgehead atoms. The molecule has 0 saturated carbocycles. The highest BCUT2D eigenvalue weighted by atomic mass is 19.4. The number of nitrogens with two attached hydrogens (primary N) is 1. The van der Waals surface area contributed by atoms with Crippen LogP contribution in [-0.4, -0.2) is 50.3 Å². The van der Waals surface area contributed by atoms with Crippen molar-refractivity contribution in [2.75, 3.05) is 30.0 Å². The standard InChI is InChI=1S/C18H18F4N8O2.3H2/c1-32-12-4-2-10(3-5-12)26-16-28-15(23)30(29-16)17-25-9-13(19)14(27-17)24-8-11(31)6-7-18(20,21)22;;;/h2-5,9H,6-8H2,1H3,(H,24,25,27)(H3,23,26,28,29);3*1H. The van der Waals surface area contributed by atoms with Crippen molar-refractivity contribution in [2.45, 2.75) is 19.0 Å². The summed E-state index contributed by atoms with van der Waals surface area (Å²) in [6.07, 6.45) is -5.63. The maximum Gasteiger partial charge on any atom is 0.389 e. The van der Waals surface area contributed by atoms with E-state index in [1.807, 2.05) is 0 Å². The summed E-state index contributed by atoms with van der Waals surface area (Å²) in [5, 5.41) is 9.39. The van der Waals surface area contributed by atoms with Gasteiger partial charge in [0.05, 0.1) is 26.3 Å². The van der Waals surface area contributed by atoms with Crippen LogP contribution < -0.4 is 21.1 Å². The van der Waals surface area contributed by atoms with Crippen LogP contribution in [0.25, 0.3) is 5.95 Å². The van der Waals surface area contributed by atoms with E-state index in [2.05, 4.69) is 30.7 Å². The Morgan fingerprint density at radius 2 is 1.97 bits per heavy atom. The maximum absolute atomic E-state index is 14.0. The van der Waals surface area contributed by atoms with Crippen molar-refractivity contribution in [3.05, 3.63) is 36.3 Å². The van der Waals surface area contributed by atoms with E-state index in [0.29, 0.717) is 11.4 Å². The summed E-state index contributed by atoms with van der Waals surface area (Å²) in [6, 6.07) is 6.89. The Bertz CT molecular complexity index is 1100. The molecular formula is C18H24F4N8O2. The van der Waals surface area contributed by atoms with Gasteiger partial charge >= 0.3 is 6.18 Å². The minimum absolute atomic E-state index is 0. The van der Waals surface area contributed by atoms with Crippen molar-refractivity contribution in [1.82, 2.24) is 24.7 Å². The summed E-state index contributed by atoms with van der Waals surface area (Å²) in [5.74, 6) is -1.57. The predicted octanol–water partition coefficient (Wildman–Crippen LogP) is 3.59. The molecule has 0 spiro atoms. The summed E-state index contributed by atoms with van der Waals surface area (Å²) in [7, 11) is 1.54. The Morgan fingerprint density at radius 1 is 1.25 bits per heavy atom. The highest BCUT2D eigenvalue weighted by Crippen LogP contribution is 2.22. The lowest BCUT2D eigenvalue weighted by Crippen LogP contribution is -2.19. The molecule has 0 unspecified atom stereocenters. The Labute approximate surface area is 183 Å². The number of carbonyl (C=O) groups excluding carboxylic acids is 1. The van der Waals surface area contributed by atoms with Gasteiger partial charge in [0, 0.05) is 16.4 Å². The number of alkyl halides is 3. The highest BCUT2D eigenvalue weighted by Gasteiger charge is 2.27. The van der Waals surface area contributed by atoms with E-state index < -0.39 is 43.0 Å². The number of hydrogen-bond acceptors (Lipinski definition) is 9. The summed E-state index contributed by atoms with van der Waals surface area (Å²) < 4.78 is 56.7. The number of halogens is 4. The fourth-order valence-corrected chi connectivity index (χ4v) is 2.46. The number of hydrogen-bond donors (Lipinski definition) is 3. The SMILES string of the molecule is COc1ccc(Nc2nc(N)n(-c3ncc(F)c(NCC(=O)CCC(F)(F)F)n3)n2)cc1.[HH].[HH].[HH]. The first kappa shape index (κ1) is 22.7. The van der Waals surface area contributed by atoms with Gasteiger partial charge in [-0.1, -0.05) is 0 Å². The summed E-state index contributed by atoms with van der Waals surface area (Å²) in [6.45, 7) is -0.541. The fourth-order valence-electron chi connectivity index (χ4n) is 2.46. The molecule has 0 aliphatic carbocycles. The lowest BCUT2D eigenvalue weighted by molar-refractivity contribution is -0.142. The number of Topliss-reactive ketones (excluding diaryl/α,β-unsaturated/α-hetero) is 1. The van der Waals surface area contributed by atoms with Gasteiger partial charge in [-0.2, -0.15) is 27.8 Å². The number of anilines is 4. The van der Waals surface area contributed by atoms with E-state index in [-0.39, 0.29) is 22.1 Å². The molecule has 1 aromatic carbocycles. The van der Waals surface area contributed by atoms with E-state index in [9.17, 15) is 22.4 Å². The predicted molar refractivity (Wildman–Crippen MR) is 113 cm³/mol. The van der Waals surface area contributed by atoms with E-state index in [0.717, 1.165) is 10.9 Å². The largest absolute Gasteiger partial charge is 0.497 e. The second kappa shape index (κ2) is 9.45. The van der Waals surface area contributed by atoms with Crippen molar-refractivity contribution in [3.8, 4) is 11.7 Å². The van der Waals surface area contributed by atoms with Gasteiger partial charge in [-0.3, -0.25) is 4.79 Å².